The zero-order chi connectivity index (χ0) is 18.9. The molecule has 0 bridgehead atoms. The fourth-order valence-corrected chi connectivity index (χ4v) is 2.92. The Morgan fingerprint density at radius 3 is 2.48 bits per heavy atom. The van der Waals surface area contributed by atoms with Gasteiger partial charge in [0.05, 0.1) is 5.56 Å². The minimum atomic E-state index is -4.37. The summed E-state index contributed by atoms with van der Waals surface area (Å²) in [4.78, 5) is 8.40. The number of fused-ring (bicyclic) bond motifs is 1. The van der Waals surface area contributed by atoms with Crippen LogP contribution in [0, 0.1) is 0 Å². The van der Waals surface area contributed by atoms with E-state index in [4.69, 9.17) is 0 Å². The predicted molar refractivity (Wildman–Crippen MR) is 99.7 cm³/mol. The van der Waals surface area contributed by atoms with Crippen molar-refractivity contribution in [1.29, 1.82) is 0 Å². The first kappa shape index (κ1) is 17.0. The largest absolute Gasteiger partial charge is 0.416 e. The summed E-state index contributed by atoms with van der Waals surface area (Å²) in [5.41, 5.74) is 1.31. The van der Waals surface area contributed by atoms with E-state index in [2.05, 4.69) is 15.3 Å². The Balaban J connectivity index is 1.69. The first-order chi connectivity index (χ1) is 13.0. The summed E-state index contributed by atoms with van der Waals surface area (Å²) in [6, 6.07) is 16.4. The van der Waals surface area contributed by atoms with E-state index in [9.17, 15) is 13.2 Å². The maximum atomic E-state index is 13.0. The topological polar surface area (TPSA) is 37.8 Å². The van der Waals surface area contributed by atoms with E-state index in [1.54, 1.807) is 36.8 Å². The second-order valence-electron chi connectivity index (χ2n) is 6.04. The summed E-state index contributed by atoms with van der Waals surface area (Å²) in [6.45, 7) is 0. The van der Waals surface area contributed by atoms with Gasteiger partial charge >= 0.3 is 6.18 Å². The molecule has 0 aliphatic rings. The summed E-state index contributed by atoms with van der Waals surface area (Å²) in [5, 5.41) is 5.21. The Morgan fingerprint density at radius 1 is 0.815 bits per heavy atom. The first-order valence-corrected chi connectivity index (χ1v) is 8.24. The highest BCUT2D eigenvalue weighted by Crippen LogP contribution is 2.33. The van der Waals surface area contributed by atoms with E-state index in [1.165, 1.54) is 6.07 Å². The number of aromatic nitrogens is 2. The lowest BCUT2D eigenvalue weighted by molar-refractivity contribution is -0.137. The Labute approximate surface area is 153 Å². The smallest absolute Gasteiger partial charge is 0.340 e. The minimum absolute atomic E-state index is 0.484. The second kappa shape index (κ2) is 6.72. The van der Waals surface area contributed by atoms with Crippen LogP contribution < -0.4 is 5.32 Å². The van der Waals surface area contributed by atoms with Crippen LogP contribution in [0.25, 0.3) is 21.9 Å². The first-order valence-electron chi connectivity index (χ1n) is 8.24. The van der Waals surface area contributed by atoms with E-state index >= 15 is 0 Å². The van der Waals surface area contributed by atoms with Crippen molar-refractivity contribution in [2.24, 2.45) is 0 Å². The number of halogens is 3. The van der Waals surface area contributed by atoms with Gasteiger partial charge in [0.2, 0.25) is 0 Å². The molecule has 2 heterocycles. The van der Waals surface area contributed by atoms with Gasteiger partial charge in [-0.15, -0.1) is 0 Å². The molecule has 0 atom stereocenters. The van der Waals surface area contributed by atoms with Crippen LogP contribution in [0.1, 0.15) is 5.56 Å². The summed E-state index contributed by atoms with van der Waals surface area (Å²) in [7, 11) is 0. The highest BCUT2D eigenvalue weighted by Gasteiger charge is 2.30. The zero-order valence-corrected chi connectivity index (χ0v) is 14.0. The van der Waals surface area contributed by atoms with Crippen molar-refractivity contribution >= 4 is 22.3 Å². The van der Waals surface area contributed by atoms with E-state index < -0.39 is 11.7 Å². The van der Waals surface area contributed by atoms with Crippen LogP contribution in [-0.4, -0.2) is 9.97 Å². The number of alkyl halides is 3. The van der Waals surface area contributed by atoms with Gasteiger partial charge in [-0.05, 0) is 47.5 Å². The lowest BCUT2D eigenvalue weighted by Crippen LogP contribution is -2.04. The fourth-order valence-electron chi connectivity index (χ4n) is 2.92. The van der Waals surface area contributed by atoms with Gasteiger partial charge in [0, 0.05) is 35.1 Å². The molecule has 2 aromatic carbocycles. The molecule has 0 fully saturated rings. The van der Waals surface area contributed by atoms with E-state index in [0.717, 1.165) is 28.6 Å². The molecular weight excluding hydrogens is 351 g/mol. The predicted octanol–water partition coefficient (Wildman–Crippen LogP) is 6.06. The SMILES string of the molecule is FC(F)(F)c1cccc(-c2ccnc(Nc3cccc4cnccc34)c2)c1. The lowest BCUT2D eigenvalue weighted by atomic mass is 10.0. The Morgan fingerprint density at radius 2 is 1.63 bits per heavy atom. The molecule has 1 N–H and O–H groups in total. The molecule has 2 aromatic heterocycles. The average Bonchev–Trinajstić information content (AvgIpc) is 2.68. The molecule has 3 nitrogen and oxygen atoms in total. The van der Waals surface area contributed by atoms with Crippen LogP contribution in [0.2, 0.25) is 0 Å². The molecule has 0 aliphatic heterocycles. The molecule has 0 unspecified atom stereocenters. The normalized spacial score (nSPS) is 11.5. The standard InChI is InChI=1S/C21H14F3N3/c22-21(23,24)17-5-1-3-14(11-17)15-7-10-26-20(12-15)27-19-6-2-4-16-13-25-9-8-18(16)19/h1-13H,(H,26,27). The van der Waals surface area contributed by atoms with E-state index in [-0.39, 0.29) is 0 Å². The van der Waals surface area contributed by atoms with Crippen molar-refractivity contribution in [1.82, 2.24) is 9.97 Å². The van der Waals surface area contributed by atoms with Crippen LogP contribution in [0.4, 0.5) is 24.7 Å². The molecule has 0 amide bonds. The Hall–Kier alpha value is -3.41. The van der Waals surface area contributed by atoms with Crippen LogP contribution >= 0.6 is 0 Å². The maximum Gasteiger partial charge on any atom is 0.416 e. The number of nitrogens with one attached hydrogen (secondary N) is 1. The highest BCUT2D eigenvalue weighted by atomic mass is 19.4. The average molecular weight is 365 g/mol. The van der Waals surface area contributed by atoms with Crippen molar-refractivity contribution in [2.75, 3.05) is 5.32 Å². The quantitative estimate of drug-likeness (QED) is 0.480. The van der Waals surface area contributed by atoms with Crippen LogP contribution in [-0.2, 0) is 6.18 Å². The highest BCUT2D eigenvalue weighted by molar-refractivity contribution is 5.94. The van der Waals surface area contributed by atoms with Gasteiger partial charge in [-0.1, -0.05) is 24.3 Å². The van der Waals surface area contributed by atoms with Crippen molar-refractivity contribution in [3.8, 4) is 11.1 Å². The fraction of sp³-hybridized carbons (Fsp3) is 0.0476. The maximum absolute atomic E-state index is 13.0. The van der Waals surface area contributed by atoms with Crippen LogP contribution in [0.5, 0.6) is 0 Å². The number of pyridine rings is 2. The lowest BCUT2D eigenvalue weighted by Gasteiger charge is -2.11. The number of nitrogens with zero attached hydrogens (tertiary/aromatic N) is 2. The molecule has 0 aliphatic carbocycles. The molecular formula is C21H14F3N3. The Bertz CT molecular complexity index is 1100. The molecule has 6 heteroatoms. The summed E-state index contributed by atoms with van der Waals surface area (Å²) in [5.74, 6) is 0.550. The monoisotopic (exact) mass is 365 g/mol. The van der Waals surface area contributed by atoms with Gasteiger partial charge < -0.3 is 5.32 Å². The molecule has 4 aromatic rings. The number of benzene rings is 2. The van der Waals surface area contributed by atoms with Crippen molar-refractivity contribution in [3.05, 3.63) is 84.8 Å². The molecule has 27 heavy (non-hydrogen) atoms. The van der Waals surface area contributed by atoms with Crippen LogP contribution in [0.3, 0.4) is 0 Å². The minimum Gasteiger partial charge on any atom is -0.340 e. The van der Waals surface area contributed by atoms with Gasteiger partial charge in [-0.2, -0.15) is 13.2 Å². The number of anilines is 2. The zero-order valence-electron chi connectivity index (χ0n) is 14.0. The van der Waals surface area contributed by atoms with Crippen LogP contribution in [0.15, 0.2) is 79.3 Å². The number of rotatable bonds is 3. The molecule has 0 radical (unpaired) electrons. The van der Waals surface area contributed by atoms with Crippen molar-refractivity contribution in [3.63, 3.8) is 0 Å². The number of hydrogen-bond donors (Lipinski definition) is 1. The van der Waals surface area contributed by atoms with Gasteiger partial charge in [0.15, 0.2) is 0 Å². The summed E-state index contributed by atoms with van der Waals surface area (Å²) in [6.07, 6.45) is 0.679. The molecule has 134 valence electrons. The third kappa shape index (κ3) is 3.60. The van der Waals surface area contributed by atoms with Gasteiger partial charge in [-0.3, -0.25) is 4.98 Å². The van der Waals surface area contributed by atoms with Crippen molar-refractivity contribution < 1.29 is 13.2 Å². The second-order valence-corrected chi connectivity index (χ2v) is 6.04. The third-order valence-corrected chi connectivity index (χ3v) is 4.23. The summed E-state index contributed by atoms with van der Waals surface area (Å²) >= 11 is 0. The summed E-state index contributed by atoms with van der Waals surface area (Å²) < 4.78 is 38.9. The van der Waals surface area contributed by atoms with Gasteiger partial charge in [0.1, 0.15) is 5.82 Å². The number of hydrogen-bond acceptors (Lipinski definition) is 3. The third-order valence-electron chi connectivity index (χ3n) is 4.23. The molecule has 4 rings (SSSR count). The van der Waals surface area contributed by atoms with E-state index in [1.807, 2.05) is 24.3 Å². The molecule has 0 spiro atoms. The Kier molecular flexibility index (Phi) is 4.24. The molecule has 0 saturated carbocycles. The van der Waals surface area contributed by atoms with E-state index in [0.29, 0.717) is 16.9 Å². The molecule has 0 saturated heterocycles. The van der Waals surface area contributed by atoms with Crippen molar-refractivity contribution in [2.45, 2.75) is 6.18 Å². The van der Waals surface area contributed by atoms with Gasteiger partial charge in [-0.25, -0.2) is 4.98 Å². The van der Waals surface area contributed by atoms with Gasteiger partial charge in [0.25, 0.3) is 0 Å².